The zero-order valence-corrected chi connectivity index (χ0v) is 18.7. The van der Waals surface area contributed by atoms with Gasteiger partial charge in [0.15, 0.2) is 11.4 Å². The molecule has 1 N–H and O–H groups in total. The summed E-state index contributed by atoms with van der Waals surface area (Å²) in [5.74, 6) is -0.667. The Kier molecular flexibility index (Phi) is 6.00. The molecule has 0 spiro atoms. The predicted molar refractivity (Wildman–Crippen MR) is 115 cm³/mol. The van der Waals surface area contributed by atoms with Gasteiger partial charge in [-0.05, 0) is 51.1 Å². The van der Waals surface area contributed by atoms with Crippen LogP contribution < -0.4 is 10.1 Å². The van der Waals surface area contributed by atoms with Crippen molar-refractivity contribution in [1.29, 1.82) is 0 Å². The molecule has 29 heavy (non-hydrogen) atoms. The molecule has 0 unspecified atom stereocenters. The first kappa shape index (κ1) is 21.3. The third kappa shape index (κ3) is 4.62. The number of hydrogen-bond acceptors (Lipinski definition) is 3. The summed E-state index contributed by atoms with van der Waals surface area (Å²) >= 11 is 9.27. The lowest BCUT2D eigenvalue weighted by molar-refractivity contribution is 0.0911. The lowest BCUT2D eigenvalue weighted by Crippen LogP contribution is -2.40. The van der Waals surface area contributed by atoms with Gasteiger partial charge in [-0.15, -0.1) is 0 Å². The molecule has 0 saturated heterocycles. The minimum atomic E-state index is -0.498. The van der Waals surface area contributed by atoms with Crippen molar-refractivity contribution in [3.05, 3.63) is 63.5 Å². The van der Waals surface area contributed by atoms with Crippen LogP contribution in [0.1, 0.15) is 31.3 Å². The number of halogens is 3. The van der Waals surface area contributed by atoms with Crippen LogP contribution in [0.2, 0.25) is 5.02 Å². The first-order valence-electron chi connectivity index (χ1n) is 8.81. The Balaban J connectivity index is 2.28. The molecule has 0 saturated carbocycles. The number of benzene rings is 2. The number of ether oxygens (including phenoxy) is 1. The molecule has 8 heteroatoms. The first-order chi connectivity index (χ1) is 13.6. The van der Waals surface area contributed by atoms with E-state index in [4.69, 9.17) is 16.3 Å². The molecule has 5 nitrogen and oxygen atoms in total. The summed E-state index contributed by atoms with van der Waals surface area (Å²) in [6, 6.07) is 11.6. The summed E-state index contributed by atoms with van der Waals surface area (Å²) in [4.78, 5) is 12.9. The van der Waals surface area contributed by atoms with E-state index in [0.29, 0.717) is 20.8 Å². The van der Waals surface area contributed by atoms with Gasteiger partial charge in [0.25, 0.3) is 5.91 Å². The molecule has 0 bridgehead atoms. The van der Waals surface area contributed by atoms with Gasteiger partial charge in [-0.25, -0.2) is 9.07 Å². The summed E-state index contributed by atoms with van der Waals surface area (Å²) in [5.41, 5.74) is 0.899. The molecular weight excluding hydrogens is 461 g/mol. The van der Waals surface area contributed by atoms with E-state index in [1.165, 1.54) is 17.9 Å². The monoisotopic (exact) mass is 479 g/mol. The van der Waals surface area contributed by atoms with Gasteiger partial charge >= 0.3 is 0 Å². The SMILES string of the molecule is COc1c(C(=O)NC(C)(C)C)nn(-c2ccc(Br)cc2F)c1-c1ccc(Cl)cc1. The van der Waals surface area contributed by atoms with Gasteiger partial charge in [-0.2, -0.15) is 5.10 Å². The Hall–Kier alpha value is -2.38. The van der Waals surface area contributed by atoms with Crippen LogP contribution in [0.15, 0.2) is 46.9 Å². The van der Waals surface area contributed by atoms with Crippen molar-refractivity contribution in [1.82, 2.24) is 15.1 Å². The summed E-state index contributed by atoms with van der Waals surface area (Å²) in [7, 11) is 1.45. The quantitative estimate of drug-likeness (QED) is 0.526. The molecule has 3 aromatic rings. The highest BCUT2D eigenvalue weighted by Gasteiger charge is 2.28. The molecule has 0 aliphatic heterocycles. The lowest BCUT2D eigenvalue weighted by atomic mass is 10.1. The average molecular weight is 481 g/mol. The summed E-state index contributed by atoms with van der Waals surface area (Å²) in [6.07, 6.45) is 0. The average Bonchev–Trinajstić information content (AvgIpc) is 3.00. The van der Waals surface area contributed by atoms with Crippen molar-refractivity contribution in [2.24, 2.45) is 0 Å². The topological polar surface area (TPSA) is 56.1 Å². The molecule has 2 aromatic carbocycles. The molecule has 0 radical (unpaired) electrons. The van der Waals surface area contributed by atoms with Crippen LogP contribution in [0, 0.1) is 5.82 Å². The number of carbonyl (C=O) groups excluding carboxylic acids is 1. The fraction of sp³-hybridized carbons (Fsp3) is 0.238. The van der Waals surface area contributed by atoms with E-state index in [0.717, 1.165) is 0 Å². The number of nitrogens with one attached hydrogen (secondary N) is 1. The van der Waals surface area contributed by atoms with Gasteiger partial charge in [0.1, 0.15) is 17.2 Å². The number of methoxy groups -OCH3 is 1. The molecule has 152 valence electrons. The van der Waals surface area contributed by atoms with Gasteiger partial charge in [-0.1, -0.05) is 39.7 Å². The first-order valence-corrected chi connectivity index (χ1v) is 9.98. The van der Waals surface area contributed by atoms with Crippen LogP contribution in [-0.4, -0.2) is 28.3 Å². The highest BCUT2D eigenvalue weighted by atomic mass is 79.9. The minimum absolute atomic E-state index is 0.0645. The molecule has 1 aromatic heterocycles. The highest BCUT2D eigenvalue weighted by Crippen LogP contribution is 2.37. The highest BCUT2D eigenvalue weighted by molar-refractivity contribution is 9.10. The van der Waals surface area contributed by atoms with Crippen LogP contribution in [0.3, 0.4) is 0 Å². The van der Waals surface area contributed by atoms with Crippen LogP contribution in [0.5, 0.6) is 5.75 Å². The van der Waals surface area contributed by atoms with Crippen LogP contribution in [-0.2, 0) is 0 Å². The number of rotatable bonds is 4. The van der Waals surface area contributed by atoms with E-state index >= 15 is 0 Å². The molecule has 0 aliphatic carbocycles. The number of amides is 1. The van der Waals surface area contributed by atoms with Gasteiger partial charge in [0.05, 0.1) is 7.11 Å². The van der Waals surface area contributed by atoms with Gasteiger partial charge < -0.3 is 10.1 Å². The second-order valence-corrected chi connectivity index (χ2v) is 8.80. The number of aromatic nitrogens is 2. The van der Waals surface area contributed by atoms with Crippen LogP contribution in [0.4, 0.5) is 4.39 Å². The van der Waals surface area contributed by atoms with Gasteiger partial charge in [0.2, 0.25) is 0 Å². The Labute approximate surface area is 182 Å². The van der Waals surface area contributed by atoms with E-state index in [1.807, 2.05) is 20.8 Å². The molecule has 1 heterocycles. The van der Waals surface area contributed by atoms with Crippen molar-refractivity contribution in [3.63, 3.8) is 0 Å². The smallest absolute Gasteiger partial charge is 0.276 e. The minimum Gasteiger partial charge on any atom is -0.492 e. The van der Waals surface area contributed by atoms with Crippen LogP contribution in [0.25, 0.3) is 16.9 Å². The molecular formula is C21H20BrClFN3O2. The third-order valence-corrected chi connectivity index (χ3v) is 4.75. The fourth-order valence-electron chi connectivity index (χ4n) is 2.83. The summed E-state index contributed by atoms with van der Waals surface area (Å²) < 4.78 is 22.3. The molecule has 0 fully saturated rings. The zero-order valence-electron chi connectivity index (χ0n) is 16.4. The number of hydrogen-bond donors (Lipinski definition) is 1. The van der Waals surface area contributed by atoms with E-state index in [-0.39, 0.29) is 17.1 Å². The Morgan fingerprint density at radius 1 is 1.21 bits per heavy atom. The summed E-state index contributed by atoms with van der Waals surface area (Å²) in [6.45, 7) is 5.59. The second kappa shape index (κ2) is 8.16. The van der Waals surface area contributed by atoms with Gasteiger partial charge in [0, 0.05) is 20.6 Å². The maximum absolute atomic E-state index is 14.8. The number of nitrogens with zero attached hydrogens (tertiary/aromatic N) is 2. The van der Waals surface area contributed by atoms with Crippen molar-refractivity contribution >= 4 is 33.4 Å². The van der Waals surface area contributed by atoms with Gasteiger partial charge in [-0.3, -0.25) is 4.79 Å². The zero-order chi connectivity index (χ0) is 21.3. The Bertz CT molecular complexity index is 1060. The van der Waals surface area contributed by atoms with E-state index in [1.54, 1.807) is 36.4 Å². The Morgan fingerprint density at radius 3 is 2.41 bits per heavy atom. The molecule has 0 atom stereocenters. The lowest BCUT2D eigenvalue weighted by Gasteiger charge is -2.19. The van der Waals surface area contributed by atoms with Crippen LogP contribution >= 0.6 is 27.5 Å². The van der Waals surface area contributed by atoms with E-state index < -0.39 is 17.3 Å². The molecule has 1 amide bonds. The summed E-state index contributed by atoms with van der Waals surface area (Å²) in [5, 5.41) is 7.84. The Morgan fingerprint density at radius 2 is 1.86 bits per heavy atom. The van der Waals surface area contributed by atoms with Crippen molar-refractivity contribution < 1.29 is 13.9 Å². The van der Waals surface area contributed by atoms with Crippen molar-refractivity contribution in [2.75, 3.05) is 7.11 Å². The van der Waals surface area contributed by atoms with E-state index in [2.05, 4.69) is 26.3 Å². The largest absolute Gasteiger partial charge is 0.492 e. The maximum Gasteiger partial charge on any atom is 0.276 e. The number of carbonyl (C=O) groups is 1. The fourth-order valence-corrected chi connectivity index (χ4v) is 3.29. The van der Waals surface area contributed by atoms with E-state index in [9.17, 15) is 9.18 Å². The maximum atomic E-state index is 14.8. The standard InChI is InChI=1S/C21H20BrClFN3O2/c1-21(2,3)25-20(28)17-19(29-4)18(12-5-8-14(23)9-6-12)27(26-17)16-10-7-13(22)11-15(16)24/h5-11H,1-4H3,(H,25,28). The second-order valence-electron chi connectivity index (χ2n) is 7.45. The third-order valence-electron chi connectivity index (χ3n) is 4.01. The predicted octanol–water partition coefficient (Wildman–Crippen LogP) is 5.63. The molecule has 3 rings (SSSR count). The molecule has 0 aliphatic rings. The van der Waals surface area contributed by atoms with Crippen molar-refractivity contribution in [2.45, 2.75) is 26.3 Å². The normalized spacial score (nSPS) is 11.4. The van der Waals surface area contributed by atoms with Crippen molar-refractivity contribution in [3.8, 4) is 22.7 Å².